The van der Waals surface area contributed by atoms with Crippen molar-refractivity contribution < 1.29 is 9.53 Å². The lowest BCUT2D eigenvalue weighted by atomic mass is 10.0. The van der Waals surface area contributed by atoms with E-state index in [1.165, 1.54) is 17.6 Å². The molecular weight excluding hydrogens is 456 g/mol. The third-order valence-corrected chi connectivity index (χ3v) is 7.29. The van der Waals surface area contributed by atoms with Crippen LogP contribution in [0.1, 0.15) is 6.92 Å². The van der Waals surface area contributed by atoms with E-state index in [4.69, 9.17) is 21.3 Å². The standard InChI is InChI=1S/C25H23ClN4O2S/c1-4-22(31)29-9-10-30(15(2)14-29)25-20-13-21(26)23(27-24(20)28-33-25)19-12-17(32-3)11-16-7-5-6-8-18(16)19/h4-8,11-13,15H,1,9-10,14H2,2-3H3/t15-/m1/s1. The average Bonchev–Trinajstić information content (AvgIpc) is 3.24. The number of hydrogen-bond donors (Lipinski definition) is 0. The first-order valence-electron chi connectivity index (χ1n) is 10.7. The zero-order valence-corrected chi connectivity index (χ0v) is 20.0. The minimum Gasteiger partial charge on any atom is -0.497 e. The van der Waals surface area contributed by atoms with E-state index in [2.05, 4.69) is 28.8 Å². The monoisotopic (exact) mass is 478 g/mol. The highest BCUT2D eigenvalue weighted by atomic mass is 35.5. The van der Waals surface area contributed by atoms with Crippen molar-refractivity contribution in [2.75, 3.05) is 31.6 Å². The van der Waals surface area contributed by atoms with Crippen LogP contribution < -0.4 is 9.64 Å². The van der Waals surface area contributed by atoms with Crippen LogP contribution >= 0.6 is 23.1 Å². The molecule has 3 heterocycles. The van der Waals surface area contributed by atoms with Crippen LogP contribution in [0, 0.1) is 0 Å². The van der Waals surface area contributed by atoms with Gasteiger partial charge in [0.1, 0.15) is 10.8 Å². The van der Waals surface area contributed by atoms with Crippen LogP contribution in [0.2, 0.25) is 5.02 Å². The number of amides is 1. The van der Waals surface area contributed by atoms with E-state index in [9.17, 15) is 4.79 Å². The smallest absolute Gasteiger partial charge is 0.246 e. The van der Waals surface area contributed by atoms with Gasteiger partial charge in [0.2, 0.25) is 5.91 Å². The van der Waals surface area contributed by atoms with E-state index in [0.717, 1.165) is 39.0 Å². The van der Waals surface area contributed by atoms with E-state index in [-0.39, 0.29) is 11.9 Å². The Morgan fingerprint density at radius 1 is 1.24 bits per heavy atom. The van der Waals surface area contributed by atoms with Crippen LogP contribution in [0.3, 0.4) is 0 Å². The lowest BCUT2D eigenvalue weighted by Crippen LogP contribution is -2.53. The Morgan fingerprint density at radius 2 is 2.06 bits per heavy atom. The maximum absolute atomic E-state index is 12.0. The molecule has 0 aliphatic carbocycles. The summed E-state index contributed by atoms with van der Waals surface area (Å²) in [4.78, 5) is 21.0. The summed E-state index contributed by atoms with van der Waals surface area (Å²) < 4.78 is 10.2. The van der Waals surface area contributed by atoms with Gasteiger partial charge in [-0.1, -0.05) is 42.4 Å². The van der Waals surface area contributed by atoms with Crippen molar-refractivity contribution in [3.05, 3.63) is 60.1 Å². The Balaban J connectivity index is 1.56. The lowest BCUT2D eigenvalue weighted by molar-refractivity contribution is -0.126. The summed E-state index contributed by atoms with van der Waals surface area (Å²) in [5.74, 6) is 0.719. The number of pyridine rings is 1. The zero-order chi connectivity index (χ0) is 23.1. The maximum atomic E-state index is 12.0. The molecule has 4 aromatic rings. The number of carbonyl (C=O) groups is 1. The average molecular weight is 479 g/mol. The molecule has 0 bridgehead atoms. The van der Waals surface area contributed by atoms with Crippen molar-refractivity contribution in [1.82, 2.24) is 14.3 Å². The number of ether oxygens (including phenoxy) is 1. The second kappa shape index (κ2) is 8.65. The molecule has 8 heteroatoms. The van der Waals surface area contributed by atoms with Gasteiger partial charge in [0.15, 0.2) is 5.65 Å². The molecule has 1 atom stereocenters. The summed E-state index contributed by atoms with van der Waals surface area (Å²) in [6.07, 6.45) is 1.37. The number of anilines is 1. The van der Waals surface area contributed by atoms with E-state index >= 15 is 0 Å². The van der Waals surface area contributed by atoms with Gasteiger partial charge in [-0.25, -0.2) is 4.98 Å². The molecule has 2 aromatic heterocycles. The normalized spacial score (nSPS) is 16.4. The predicted molar refractivity (Wildman–Crippen MR) is 136 cm³/mol. The third kappa shape index (κ3) is 3.81. The first kappa shape index (κ1) is 21.7. The van der Waals surface area contributed by atoms with Gasteiger partial charge in [0, 0.05) is 31.2 Å². The summed E-state index contributed by atoms with van der Waals surface area (Å²) >= 11 is 8.23. The number of nitrogens with zero attached hydrogens (tertiary/aromatic N) is 4. The molecule has 2 aromatic carbocycles. The SMILES string of the molecule is C=CC(=O)N1CCN(c2snc3nc(-c4cc(OC)cc5ccccc45)c(Cl)cc23)[C@H](C)C1. The van der Waals surface area contributed by atoms with Crippen LogP contribution in [0.15, 0.2) is 55.1 Å². The number of fused-ring (bicyclic) bond motifs is 2. The van der Waals surface area contributed by atoms with Gasteiger partial charge in [-0.05, 0) is 53.5 Å². The quantitative estimate of drug-likeness (QED) is 0.368. The highest BCUT2D eigenvalue weighted by Crippen LogP contribution is 2.40. The van der Waals surface area contributed by atoms with Gasteiger partial charge in [-0.15, -0.1) is 0 Å². The summed E-state index contributed by atoms with van der Waals surface area (Å²) in [6, 6.07) is 14.2. The van der Waals surface area contributed by atoms with E-state index in [1.807, 2.05) is 41.3 Å². The number of rotatable bonds is 4. The summed E-state index contributed by atoms with van der Waals surface area (Å²) in [6.45, 7) is 7.71. The van der Waals surface area contributed by atoms with Gasteiger partial charge >= 0.3 is 0 Å². The van der Waals surface area contributed by atoms with Crippen molar-refractivity contribution >= 4 is 55.8 Å². The number of methoxy groups -OCH3 is 1. The Labute approximate surface area is 201 Å². The fourth-order valence-electron chi connectivity index (χ4n) is 4.42. The van der Waals surface area contributed by atoms with Gasteiger partial charge in [-0.3, -0.25) is 4.79 Å². The Bertz CT molecular complexity index is 1390. The Morgan fingerprint density at radius 3 is 2.82 bits per heavy atom. The van der Waals surface area contributed by atoms with Crippen molar-refractivity contribution in [2.24, 2.45) is 0 Å². The summed E-state index contributed by atoms with van der Waals surface area (Å²) in [7, 11) is 1.66. The van der Waals surface area contributed by atoms with Crippen LogP contribution in [0.5, 0.6) is 5.75 Å². The van der Waals surface area contributed by atoms with Crippen molar-refractivity contribution in [3.8, 4) is 17.0 Å². The molecule has 1 fully saturated rings. The van der Waals surface area contributed by atoms with Crippen LogP contribution in [0.25, 0.3) is 33.1 Å². The topological polar surface area (TPSA) is 58.6 Å². The molecule has 6 nitrogen and oxygen atoms in total. The number of hydrogen-bond acceptors (Lipinski definition) is 6. The summed E-state index contributed by atoms with van der Waals surface area (Å²) in [5.41, 5.74) is 2.26. The number of piperazine rings is 1. The van der Waals surface area contributed by atoms with Gasteiger partial charge < -0.3 is 14.5 Å². The fraction of sp³-hybridized carbons (Fsp3) is 0.240. The number of benzene rings is 2. The van der Waals surface area contributed by atoms with Gasteiger partial charge in [-0.2, -0.15) is 4.37 Å². The largest absolute Gasteiger partial charge is 0.497 e. The highest BCUT2D eigenvalue weighted by molar-refractivity contribution is 7.11. The van der Waals surface area contributed by atoms with Gasteiger partial charge in [0.05, 0.1) is 23.2 Å². The third-order valence-electron chi connectivity index (χ3n) is 6.11. The molecule has 1 aliphatic heterocycles. The molecule has 0 N–H and O–H groups in total. The van der Waals surface area contributed by atoms with Crippen LogP contribution in [-0.2, 0) is 4.79 Å². The second-order valence-corrected chi connectivity index (χ2v) is 9.26. The molecule has 168 valence electrons. The molecule has 0 radical (unpaired) electrons. The van der Waals surface area contributed by atoms with Gasteiger partial charge in [0.25, 0.3) is 0 Å². The Kier molecular flexibility index (Phi) is 5.68. The zero-order valence-electron chi connectivity index (χ0n) is 18.4. The maximum Gasteiger partial charge on any atom is 0.246 e. The van der Waals surface area contributed by atoms with E-state index < -0.39 is 0 Å². The molecule has 1 amide bonds. The summed E-state index contributed by atoms with van der Waals surface area (Å²) in [5, 5.41) is 4.63. The van der Waals surface area contributed by atoms with Crippen molar-refractivity contribution in [1.29, 1.82) is 0 Å². The second-order valence-electron chi connectivity index (χ2n) is 8.10. The molecule has 0 spiro atoms. The molecule has 1 aliphatic rings. The van der Waals surface area contributed by atoms with Crippen molar-refractivity contribution in [3.63, 3.8) is 0 Å². The van der Waals surface area contributed by atoms with Crippen LogP contribution in [0.4, 0.5) is 5.00 Å². The lowest BCUT2D eigenvalue weighted by Gasteiger charge is -2.40. The molecule has 33 heavy (non-hydrogen) atoms. The number of halogens is 1. The van der Waals surface area contributed by atoms with Crippen molar-refractivity contribution in [2.45, 2.75) is 13.0 Å². The molecular formula is C25H23ClN4O2S. The highest BCUT2D eigenvalue weighted by Gasteiger charge is 2.28. The first-order chi connectivity index (χ1) is 16.0. The predicted octanol–water partition coefficient (Wildman–Crippen LogP) is 5.40. The van der Waals surface area contributed by atoms with Crippen LogP contribution in [-0.4, -0.2) is 53.0 Å². The minimum atomic E-state index is -0.0319. The van der Waals surface area contributed by atoms with E-state index in [0.29, 0.717) is 29.5 Å². The first-order valence-corrected chi connectivity index (χ1v) is 11.9. The number of aromatic nitrogens is 2. The molecule has 5 rings (SSSR count). The molecule has 0 unspecified atom stereocenters. The fourth-order valence-corrected chi connectivity index (χ4v) is 5.61. The Hall–Kier alpha value is -3.16. The molecule has 1 saturated heterocycles. The van der Waals surface area contributed by atoms with E-state index in [1.54, 1.807) is 7.11 Å². The molecule has 0 saturated carbocycles. The number of carbonyl (C=O) groups excluding carboxylic acids is 1. The minimum absolute atomic E-state index is 0.0319.